The van der Waals surface area contributed by atoms with E-state index in [-0.39, 0.29) is 17.9 Å². The summed E-state index contributed by atoms with van der Waals surface area (Å²) in [7, 11) is 0. The van der Waals surface area contributed by atoms with Gasteiger partial charge in [0.15, 0.2) is 0 Å². The number of carbonyl (C=O) groups excluding carboxylic acids is 2. The van der Waals surface area contributed by atoms with Crippen LogP contribution >= 0.6 is 11.8 Å². The van der Waals surface area contributed by atoms with Gasteiger partial charge in [0.05, 0.1) is 12.6 Å². The van der Waals surface area contributed by atoms with Crippen molar-refractivity contribution in [2.75, 3.05) is 50.8 Å². The number of primary amides is 1. The number of nitrogens with one attached hydrogen (secondary N) is 1. The molecule has 2 amide bonds. The van der Waals surface area contributed by atoms with E-state index in [1.807, 2.05) is 21.6 Å². The average Bonchev–Trinajstić information content (AvgIpc) is 2.64. The van der Waals surface area contributed by atoms with Crippen LogP contribution in [0.4, 0.5) is 0 Å². The van der Waals surface area contributed by atoms with Gasteiger partial charge in [-0.3, -0.25) is 14.5 Å². The maximum atomic E-state index is 12.4. The Morgan fingerprint density at radius 2 is 2.11 bits per heavy atom. The number of carbonyl (C=O) groups is 2. The smallest absolute Gasteiger partial charge is 0.240 e. The standard InChI is InChI=1S/C12H22N4O2S/c13-11(17)8-15-3-1-4-16(6-5-15)12(18)10-9-19-7-2-14-10/h10,14H,1-9H2,(H2,13,17). The van der Waals surface area contributed by atoms with Crippen LogP contribution in [0, 0.1) is 0 Å². The molecule has 108 valence electrons. The lowest BCUT2D eigenvalue weighted by molar-refractivity contribution is -0.132. The van der Waals surface area contributed by atoms with Crippen LogP contribution in [0.15, 0.2) is 0 Å². The van der Waals surface area contributed by atoms with Crippen molar-refractivity contribution in [1.29, 1.82) is 0 Å². The van der Waals surface area contributed by atoms with Crippen LogP contribution in [0.2, 0.25) is 0 Å². The minimum Gasteiger partial charge on any atom is -0.369 e. The summed E-state index contributed by atoms with van der Waals surface area (Å²) in [6.45, 7) is 4.22. The summed E-state index contributed by atoms with van der Waals surface area (Å²) in [5.74, 6) is 1.84. The summed E-state index contributed by atoms with van der Waals surface area (Å²) in [6.07, 6.45) is 0.902. The zero-order chi connectivity index (χ0) is 13.7. The van der Waals surface area contributed by atoms with Gasteiger partial charge in [-0.05, 0) is 6.42 Å². The Balaban J connectivity index is 1.84. The van der Waals surface area contributed by atoms with E-state index in [9.17, 15) is 9.59 Å². The Hall–Kier alpha value is -0.790. The monoisotopic (exact) mass is 286 g/mol. The topological polar surface area (TPSA) is 78.7 Å². The van der Waals surface area contributed by atoms with Gasteiger partial charge >= 0.3 is 0 Å². The summed E-state index contributed by atoms with van der Waals surface area (Å²) in [5, 5.41) is 3.28. The van der Waals surface area contributed by atoms with Crippen molar-refractivity contribution < 1.29 is 9.59 Å². The van der Waals surface area contributed by atoms with Gasteiger partial charge in [-0.15, -0.1) is 0 Å². The summed E-state index contributed by atoms with van der Waals surface area (Å²) >= 11 is 1.83. The minimum absolute atomic E-state index is 0.0403. The van der Waals surface area contributed by atoms with Gasteiger partial charge in [-0.25, -0.2) is 0 Å². The molecule has 0 aromatic carbocycles. The quantitative estimate of drug-likeness (QED) is 0.675. The lowest BCUT2D eigenvalue weighted by Crippen LogP contribution is -2.51. The average molecular weight is 286 g/mol. The van der Waals surface area contributed by atoms with E-state index in [0.29, 0.717) is 13.1 Å². The third-order valence-corrected chi connectivity index (χ3v) is 4.56. The molecular weight excluding hydrogens is 264 g/mol. The molecule has 0 aliphatic carbocycles. The fourth-order valence-corrected chi connectivity index (χ4v) is 3.44. The van der Waals surface area contributed by atoms with Gasteiger partial charge in [0, 0.05) is 44.2 Å². The molecule has 1 atom stereocenters. The van der Waals surface area contributed by atoms with E-state index >= 15 is 0 Å². The Bertz CT molecular complexity index is 334. The molecule has 0 aromatic heterocycles. The second-order valence-corrected chi connectivity index (χ2v) is 6.15. The highest BCUT2D eigenvalue weighted by molar-refractivity contribution is 7.99. The number of amides is 2. The molecule has 2 fully saturated rings. The number of rotatable bonds is 3. The molecule has 0 radical (unpaired) electrons. The molecule has 0 saturated carbocycles. The molecular formula is C12H22N4O2S. The van der Waals surface area contributed by atoms with E-state index in [2.05, 4.69) is 5.32 Å². The molecule has 3 N–H and O–H groups in total. The van der Waals surface area contributed by atoms with Gasteiger partial charge in [-0.2, -0.15) is 11.8 Å². The summed E-state index contributed by atoms with van der Waals surface area (Å²) in [5.41, 5.74) is 5.21. The molecule has 2 aliphatic rings. The normalized spacial score (nSPS) is 25.9. The molecule has 2 aliphatic heterocycles. The van der Waals surface area contributed by atoms with Crippen LogP contribution in [-0.2, 0) is 9.59 Å². The van der Waals surface area contributed by atoms with Crippen LogP contribution in [0.5, 0.6) is 0 Å². The molecule has 2 rings (SSSR count). The minimum atomic E-state index is -0.301. The first-order valence-corrected chi connectivity index (χ1v) is 7.93. The van der Waals surface area contributed by atoms with Crippen molar-refractivity contribution >= 4 is 23.6 Å². The third kappa shape index (κ3) is 4.36. The highest BCUT2D eigenvalue weighted by atomic mass is 32.2. The van der Waals surface area contributed by atoms with Gasteiger partial charge < -0.3 is 16.0 Å². The van der Waals surface area contributed by atoms with Gasteiger partial charge in [0.25, 0.3) is 0 Å². The van der Waals surface area contributed by atoms with Crippen molar-refractivity contribution in [3.8, 4) is 0 Å². The molecule has 1 unspecified atom stereocenters. The molecule has 2 saturated heterocycles. The maximum absolute atomic E-state index is 12.4. The first-order valence-electron chi connectivity index (χ1n) is 6.77. The van der Waals surface area contributed by atoms with E-state index in [1.165, 1.54) is 0 Å². The van der Waals surface area contributed by atoms with Crippen LogP contribution < -0.4 is 11.1 Å². The molecule has 0 bridgehead atoms. The summed E-state index contributed by atoms with van der Waals surface area (Å²) in [4.78, 5) is 27.3. The SMILES string of the molecule is NC(=O)CN1CCCN(C(=O)C2CSCCN2)CC1. The second-order valence-electron chi connectivity index (χ2n) is 5.00. The lowest BCUT2D eigenvalue weighted by Gasteiger charge is -2.29. The third-order valence-electron chi connectivity index (χ3n) is 3.50. The van der Waals surface area contributed by atoms with Gasteiger partial charge in [0.2, 0.25) is 11.8 Å². The molecule has 6 nitrogen and oxygen atoms in total. The lowest BCUT2D eigenvalue weighted by atomic mass is 10.2. The Morgan fingerprint density at radius 3 is 2.79 bits per heavy atom. The Labute approximate surface area is 118 Å². The summed E-state index contributed by atoms with van der Waals surface area (Å²) < 4.78 is 0. The molecule has 0 spiro atoms. The maximum Gasteiger partial charge on any atom is 0.240 e. The number of nitrogens with two attached hydrogens (primary N) is 1. The van der Waals surface area contributed by atoms with Crippen LogP contribution in [-0.4, -0.2) is 78.4 Å². The highest BCUT2D eigenvalue weighted by Crippen LogP contribution is 2.12. The van der Waals surface area contributed by atoms with E-state index in [0.717, 1.165) is 44.1 Å². The highest BCUT2D eigenvalue weighted by Gasteiger charge is 2.27. The van der Waals surface area contributed by atoms with Crippen LogP contribution in [0.25, 0.3) is 0 Å². The van der Waals surface area contributed by atoms with Crippen LogP contribution in [0.1, 0.15) is 6.42 Å². The first-order chi connectivity index (χ1) is 9.16. The second kappa shape index (κ2) is 7.12. The molecule has 19 heavy (non-hydrogen) atoms. The molecule has 7 heteroatoms. The van der Waals surface area contributed by atoms with E-state index < -0.39 is 0 Å². The number of thioether (sulfide) groups is 1. The van der Waals surface area contributed by atoms with Crippen molar-refractivity contribution in [2.24, 2.45) is 5.73 Å². The predicted octanol–water partition coefficient (Wildman–Crippen LogP) is -1.29. The first kappa shape index (κ1) is 14.6. The number of hydrogen-bond donors (Lipinski definition) is 2. The Kier molecular flexibility index (Phi) is 5.47. The van der Waals surface area contributed by atoms with Crippen molar-refractivity contribution in [1.82, 2.24) is 15.1 Å². The molecule has 0 aromatic rings. The van der Waals surface area contributed by atoms with Crippen LogP contribution in [0.3, 0.4) is 0 Å². The van der Waals surface area contributed by atoms with E-state index in [4.69, 9.17) is 5.73 Å². The van der Waals surface area contributed by atoms with Crippen molar-refractivity contribution in [3.05, 3.63) is 0 Å². The predicted molar refractivity (Wildman–Crippen MR) is 75.9 cm³/mol. The van der Waals surface area contributed by atoms with Gasteiger partial charge in [0.1, 0.15) is 0 Å². The molecule has 2 heterocycles. The Morgan fingerprint density at radius 1 is 1.26 bits per heavy atom. The number of hydrogen-bond acceptors (Lipinski definition) is 5. The fraction of sp³-hybridized carbons (Fsp3) is 0.833. The van der Waals surface area contributed by atoms with E-state index in [1.54, 1.807) is 0 Å². The number of nitrogens with zero attached hydrogens (tertiary/aromatic N) is 2. The largest absolute Gasteiger partial charge is 0.369 e. The zero-order valence-electron chi connectivity index (χ0n) is 11.1. The fourth-order valence-electron chi connectivity index (χ4n) is 2.51. The van der Waals surface area contributed by atoms with Gasteiger partial charge in [-0.1, -0.05) is 0 Å². The zero-order valence-corrected chi connectivity index (χ0v) is 12.0. The van der Waals surface area contributed by atoms with Crippen molar-refractivity contribution in [3.63, 3.8) is 0 Å². The summed E-state index contributed by atoms with van der Waals surface area (Å²) in [6, 6.07) is -0.0403. The van der Waals surface area contributed by atoms with Crippen molar-refractivity contribution in [2.45, 2.75) is 12.5 Å².